The van der Waals surface area contributed by atoms with E-state index < -0.39 is 16.5 Å². The highest BCUT2D eigenvalue weighted by molar-refractivity contribution is 14.1. The summed E-state index contributed by atoms with van der Waals surface area (Å²) < 4.78 is 1.02. The summed E-state index contributed by atoms with van der Waals surface area (Å²) in [5, 5.41) is 14.7. The molecule has 0 saturated heterocycles. The lowest BCUT2D eigenvalue weighted by molar-refractivity contribution is -0.383. The second kappa shape index (κ2) is 8.80. The van der Waals surface area contributed by atoms with Crippen molar-refractivity contribution in [1.29, 1.82) is 0 Å². The predicted molar refractivity (Wildman–Crippen MR) is 114 cm³/mol. The van der Waals surface area contributed by atoms with Gasteiger partial charge in [-0.3, -0.25) is 25.8 Å². The number of nitrogens with one attached hydrogen (secondary N) is 3. The molecule has 0 fully saturated rings. The third-order valence-corrected chi connectivity index (χ3v) is 4.57. The zero-order valence-corrected chi connectivity index (χ0v) is 16.9. The Bertz CT molecular complexity index is 1030. The van der Waals surface area contributed by atoms with Gasteiger partial charge in [-0.05, 0) is 59.0 Å². The van der Waals surface area contributed by atoms with Gasteiger partial charge in [0.2, 0.25) is 11.6 Å². The first-order valence-corrected chi connectivity index (χ1v) is 9.24. The van der Waals surface area contributed by atoms with Gasteiger partial charge in [0.1, 0.15) is 6.33 Å². The highest BCUT2D eigenvalue weighted by Crippen LogP contribution is 2.30. The topological polar surface area (TPSA) is 122 Å². The van der Waals surface area contributed by atoms with Crippen LogP contribution in [0.25, 0.3) is 0 Å². The number of carbonyl (C=O) groups excluding carboxylic acids is 1. The van der Waals surface area contributed by atoms with Crippen LogP contribution in [0.1, 0.15) is 10.4 Å². The molecule has 0 aliphatic carbocycles. The molecule has 142 valence electrons. The summed E-state index contributed by atoms with van der Waals surface area (Å²) in [6, 6.07) is 13.6. The van der Waals surface area contributed by atoms with Crippen LogP contribution < -0.4 is 16.2 Å². The Morgan fingerprint density at radius 2 is 1.75 bits per heavy atom. The number of hydrazine groups is 1. The molecule has 1 heterocycles. The van der Waals surface area contributed by atoms with Crippen molar-refractivity contribution < 1.29 is 9.72 Å². The van der Waals surface area contributed by atoms with Crippen LogP contribution in [0.4, 0.5) is 23.0 Å². The van der Waals surface area contributed by atoms with E-state index in [0.29, 0.717) is 5.69 Å². The van der Waals surface area contributed by atoms with Crippen molar-refractivity contribution in [2.24, 2.45) is 0 Å². The quantitative estimate of drug-likeness (QED) is 0.259. The van der Waals surface area contributed by atoms with Crippen LogP contribution in [0.5, 0.6) is 0 Å². The summed E-state index contributed by atoms with van der Waals surface area (Å²) >= 11 is 8.13. The van der Waals surface area contributed by atoms with Gasteiger partial charge in [-0.1, -0.05) is 23.7 Å². The molecular weight excluding hydrogens is 499 g/mol. The van der Waals surface area contributed by atoms with Crippen LogP contribution >= 0.6 is 34.2 Å². The van der Waals surface area contributed by atoms with Crippen molar-refractivity contribution in [3.05, 3.63) is 79.1 Å². The summed E-state index contributed by atoms with van der Waals surface area (Å²) in [5.41, 5.74) is 5.23. The molecule has 0 aliphatic heterocycles. The Kier molecular flexibility index (Phi) is 6.21. The number of nitrogens with zero attached hydrogens (tertiary/aromatic N) is 3. The molecule has 3 rings (SSSR count). The normalized spacial score (nSPS) is 10.2. The summed E-state index contributed by atoms with van der Waals surface area (Å²) in [6.07, 6.45) is 1.14. The van der Waals surface area contributed by atoms with E-state index >= 15 is 0 Å². The van der Waals surface area contributed by atoms with Crippen molar-refractivity contribution in [3.8, 4) is 0 Å². The molecule has 1 amide bonds. The van der Waals surface area contributed by atoms with Crippen molar-refractivity contribution in [3.63, 3.8) is 0 Å². The van der Waals surface area contributed by atoms with Crippen molar-refractivity contribution in [1.82, 2.24) is 15.4 Å². The Labute approximate surface area is 177 Å². The molecule has 0 atom stereocenters. The second-order valence-electron chi connectivity index (χ2n) is 5.37. The number of halogens is 2. The van der Waals surface area contributed by atoms with Gasteiger partial charge in [0.15, 0.2) is 0 Å². The van der Waals surface area contributed by atoms with Crippen LogP contribution in [0.2, 0.25) is 5.02 Å². The first-order chi connectivity index (χ1) is 13.5. The van der Waals surface area contributed by atoms with Crippen LogP contribution in [0, 0.1) is 13.7 Å². The maximum atomic E-state index is 12.2. The Morgan fingerprint density at radius 1 is 1.07 bits per heavy atom. The number of aromatic nitrogens is 2. The minimum Gasteiger partial charge on any atom is -0.334 e. The lowest BCUT2D eigenvalue weighted by atomic mass is 10.2. The standard InChI is InChI=1S/C17H12ClIN6O3/c18-13-4-2-1-3-12(13)17(26)24-23-16-14(25(27)28)15(20-9-21-16)22-11-7-5-10(19)6-8-11/h1-9H,(H,24,26)(H2,20,21,22,23). The summed E-state index contributed by atoms with van der Waals surface area (Å²) in [6.45, 7) is 0. The molecule has 0 radical (unpaired) electrons. The van der Waals surface area contributed by atoms with Gasteiger partial charge in [0.05, 0.1) is 15.5 Å². The minimum atomic E-state index is -0.640. The molecule has 2 aromatic carbocycles. The third-order valence-electron chi connectivity index (χ3n) is 3.52. The number of hydrogen-bond donors (Lipinski definition) is 3. The second-order valence-corrected chi connectivity index (χ2v) is 7.02. The zero-order valence-electron chi connectivity index (χ0n) is 14.0. The van der Waals surface area contributed by atoms with E-state index in [9.17, 15) is 14.9 Å². The van der Waals surface area contributed by atoms with Gasteiger partial charge in [0.25, 0.3) is 5.91 Å². The number of hydrogen-bond acceptors (Lipinski definition) is 7. The van der Waals surface area contributed by atoms with E-state index in [1.165, 1.54) is 6.07 Å². The molecule has 3 N–H and O–H groups in total. The molecular formula is C17H12ClIN6O3. The smallest absolute Gasteiger partial charge is 0.334 e. The van der Waals surface area contributed by atoms with E-state index in [2.05, 4.69) is 48.7 Å². The van der Waals surface area contributed by atoms with E-state index in [0.717, 1.165) is 9.90 Å². The SMILES string of the molecule is O=C(NNc1ncnc(Nc2ccc(I)cc2)c1[N+](=O)[O-])c1ccccc1Cl. The molecule has 28 heavy (non-hydrogen) atoms. The Morgan fingerprint density at radius 3 is 2.43 bits per heavy atom. The monoisotopic (exact) mass is 510 g/mol. The van der Waals surface area contributed by atoms with Crippen molar-refractivity contribution in [2.45, 2.75) is 0 Å². The predicted octanol–water partition coefficient (Wildman–Crippen LogP) is 4.14. The van der Waals surface area contributed by atoms with Crippen LogP contribution in [0.3, 0.4) is 0 Å². The number of amides is 1. The Hall–Kier alpha value is -2.99. The highest BCUT2D eigenvalue weighted by atomic mass is 127. The van der Waals surface area contributed by atoms with E-state index in [1.807, 2.05) is 12.1 Å². The number of carbonyl (C=O) groups is 1. The number of benzene rings is 2. The molecule has 1 aromatic heterocycles. The van der Waals surface area contributed by atoms with E-state index in [1.54, 1.807) is 30.3 Å². The number of anilines is 3. The molecule has 11 heteroatoms. The van der Waals surface area contributed by atoms with Crippen LogP contribution in [-0.2, 0) is 0 Å². The fraction of sp³-hybridized carbons (Fsp3) is 0. The molecule has 0 aliphatic rings. The van der Waals surface area contributed by atoms with Crippen LogP contribution in [0.15, 0.2) is 54.9 Å². The molecule has 0 spiro atoms. The molecule has 0 saturated carbocycles. The summed E-state index contributed by atoms with van der Waals surface area (Å²) in [5.74, 6) is -0.755. The highest BCUT2D eigenvalue weighted by Gasteiger charge is 2.24. The summed E-state index contributed by atoms with van der Waals surface area (Å²) in [7, 11) is 0. The van der Waals surface area contributed by atoms with Gasteiger partial charge in [-0.2, -0.15) is 0 Å². The first kappa shape index (κ1) is 19.8. The number of rotatable bonds is 6. The largest absolute Gasteiger partial charge is 0.355 e. The zero-order chi connectivity index (χ0) is 20.1. The van der Waals surface area contributed by atoms with Gasteiger partial charge in [-0.25, -0.2) is 9.97 Å². The minimum absolute atomic E-state index is 0.0179. The fourth-order valence-corrected chi connectivity index (χ4v) is 2.81. The molecule has 3 aromatic rings. The average molecular weight is 511 g/mol. The van der Waals surface area contributed by atoms with Gasteiger partial charge in [0, 0.05) is 9.26 Å². The number of nitro groups is 1. The maximum Gasteiger partial charge on any atom is 0.355 e. The third kappa shape index (κ3) is 4.64. The van der Waals surface area contributed by atoms with E-state index in [4.69, 9.17) is 11.6 Å². The maximum absolute atomic E-state index is 12.2. The van der Waals surface area contributed by atoms with Crippen molar-refractivity contribution >= 4 is 63.1 Å². The summed E-state index contributed by atoms with van der Waals surface area (Å²) in [4.78, 5) is 31.0. The molecule has 9 nitrogen and oxygen atoms in total. The Balaban J connectivity index is 1.83. The van der Waals surface area contributed by atoms with Gasteiger partial charge < -0.3 is 5.32 Å². The lowest BCUT2D eigenvalue weighted by Gasteiger charge is -2.11. The van der Waals surface area contributed by atoms with Gasteiger partial charge in [-0.15, -0.1) is 0 Å². The van der Waals surface area contributed by atoms with E-state index in [-0.39, 0.29) is 22.2 Å². The lowest BCUT2D eigenvalue weighted by Crippen LogP contribution is -2.30. The molecule has 0 unspecified atom stereocenters. The molecule has 0 bridgehead atoms. The van der Waals surface area contributed by atoms with Crippen LogP contribution in [-0.4, -0.2) is 20.8 Å². The van der Waals surface area contributed by atoms with Crippen molar-refractivity contribution in [2.75, 3.05) is 10.7 Å². The fourth-order valence-electron chi connectivity index (χ4n) is 2.23. The van der Waals surface area contributed by atoms with Gasteiger partial charge >= 0.3 is 5.69 Å². The first-order valence-electron chi connectivity index (χ1n) is 7.78. The average Bonchev–Trinajstić information content (AvgIpc) is 2.68.